The zero-order valence-corrected chi connectivity index (χ0v) is 13.4. The quantitative estimate of drug-likeness (QED) is 0.786. The second-order valence-corrected chi connectivity index (χ2v) is 5.60. The highest BCUT2D eigenvalue weighted by Crippen LogP contribution is 2.27. The van der Waals surface area contributed by atoms with E-state index in [4.69, 9.17) is 4.74 Å². The third-order valence-electron chi connectivity index (χ3n) is 3.15. The molecule has 0 spiro atoms. The molecular formula is C15H15BrN4O. The maximum absolute atomic E-state index is 5.24. The van der Waals surface area contributed by atoms with Crippen LogP contribution in [0.4, 0.5) is 5.69 Å². The zero-order valence-electron chi connectivity index (χ0n) is 11.8. The number of nitrogens with zero attached hydrogens (tertiary/aromatic N) is 3. The molecule has 108 valence electrons. The number of hydrogen-bond donors (Lipinski definition) is 1. The fraction of sp³-hybridized carbons (Fsp3) is 0.200. The van der Waals surface area contributed by atoms with Crippen molar-refractivity contribution in [2.24, 2.45) is 0 Å². The Labute approximate surface area is 131 Å². The van der Waals surface area contributed by atoms with Gasteiger partial charge in [-0.3, -0.25) is 0 Å². The van der Waals surface area contributed by atoms with Crippen molar-refractivity contribution in [3.63, 3.8) is 0 Å². The van der Waals surface area contributed by atoms with E-state index in [0.29, 0.717) is 6.54 Å². The minimum Gasteiger partial charge on any atom is -0.497 e. The summed E-state index contributed by atoms with van der Waals surface area (Å²) >= 11 is 3.53. The molecule has 0 aliphatic rings. The number of nitrogens with one attached hydrogen (secondary N) is 1. The van der Waals surface area contributed by atoms with Crippen LogP contribution in [-0.4, -0.2) is 21.7 Å². The van der Waals surface area contributed by atoms with Crippen LogP contribution in [0.15, 0.2) is 41.1 Å². The topological polar surface area (TPSA) is 51.5 Å². The van der Waals surface area contributed by atoms with Gasteiger partial charge in [-0.25, -0.2) is 9.50 Å². The Morgan fingerprint density at radius 3 is 3.00 bits per heavy atom. The van der Waals surface area contributed by atoms with Gasteiger partial charge in [0.25, 0.3) is 0 Å². The van der Waals surface area contributed by atoms with Gasteiger partial charge in [0.1, 0.15) is 5.75 Å². The van der Waals surface area contributed by atoms with E-state index in [9.17, 15) is 0 Å². The van der Waals surface area contributed by atoms with E-state index in [1.807, 2.05) is 43.6 Å². The first-order chi connectivity index (χ1) is 10.2. The first-order valence-corrected chi connectivity index (χ1v) is 7.33. The molecule has 1 aromatic carbocycles. The summed E-state index contributed by atoms with van der Waals surface area (Å²) in [4.78, 5) is 4.39. The molecular weight excluding hydrogens is 332 g/mol. The standard InChI is InChI=1S/C15H15BrN4O/c1-10-5-15-18-8-11(9-20(15)19-10)7-17-14-6-12(21-2)3-4-13(14)16/h3-6,8-9,17H,7H2,1-2H3. The maximum Gasteiger partial charge on any atom is 0.155 e. The highest BCUT2D eigenvalue weighted by atomic mass is 79.9. The molecule has 0 saturated heterocycles. The molecule has 0 radical (unpaired) electrons. The van der Waals surface area contributed by atoms with Crippen molar-refractivity contribution in [1.29, 1.82) is 0 Å². The Hall–Kier alpha value is -2.08. The van der Waals surface area contributed by atoms with Crippen LogP contribution in [-0.2, 0) is 6.54 Å². The Balaban J connectivity index is 1.79. The molecule has 0 saturated carbocycles. The fourth-order valence-corrected chi connectivity index (χ4v) is 2.48. The van der Waals surface area contributed by atoms with Gasteiger partial charge in [0.05, 0.1) is 18.5 Å². The third kappa shape index (κ3) is 3.00. The van der Waals surface area contributed by atoms with Crippen molar-refractivity contribution in [2.75, 3.05) is 12.4 Å². The van der Waals surface area contributed by atoms with Crippen LogP contribution in [0.25, 0.3) is 5.65 Å². The highest BCUT2D eigenvalue weighted by molar-refractivity contribution is 9.10. The average Bonchev–Trinajstić information content (AvgIpc) is 2.85. The van der Waals surface area contributed by atoms with Crippen LogP contribution in [0.3, 0.4) is 0 Å². The molecule has 0 aliphatic carbocycles. The lowest BCUT2D eigenvalue weighted by Gasteiger charge is -2.10. The number of hydrogen-bond acceptors (Lipinski definition) is 4. The van der Waals surface area contributed by atoms with Crippen LogP contribution >= 0.6 is 15.9 Å². The predicted molar refractivity (Wildman–Crippen MR) is 85.7 cm³/mol. The summed E-state index contributed by atoms with van der Waals surface area (Å²) in [5.74, 6) is 0.817. The summed E-state index contributed by atoms with van der Waals surface area (Å²) in [7, 11) is 1.66. The van der Waals surface area contributed by atoms with Gasteiger partial charge in [0.15, 0.2) is 5.65 Å². The van der Waals surface area contributed by atoms with Crippen molar-refractivity contribution in [3.05, 3.63) is 52.4 Å². The molecule has 1 N–H and O–H groups in total. The predicted octanol–water partition coefficient (Wildman–Crippen LogP) is 3.42. The van der Waals surface area contributed by atoms with E-state index in [2.05, 4.69) is 31.3 Å². The number of aryl methyl sites for hydroxylation is 1. The largest absolute Gasteiger partial charge is 0.497 e. The summed E-state index contributed by atoms with van der Waals surface area (Å²) in [5, 5.41) is 7.74. The van der Waals surface area contributed by atoms with E-state index >= 15 is 0 Å². The highest BCUT2D eigenvalue weighted by Gasteiger charge is 2.04. The van der Waals surface area contributed by atoms with Crippen LogP contribution < -0.4 is 10.1 Å². The number of halogens is 1. The third-order valence-corrected chi connectivity index (χ3v) is 3.84. The van der Waals surface area contributed by atoms with Gasteiger partial charge in [-0.15, -0.1) is 0 Å². The van der Waals surface area contributed by atoms with E-state index in [1.165, 1.54) is 0 Å². The Kier molecular flexibility index (Phi) is 3.79. The number of methoxy groups -OCH3 is 1. The smallest absolute Gasteiger partial charge is 0.155 e. The number of rotatable bonds is 4. The van der Waals surface area contributed by atoms with Crippen LogP contribution in [0.5, 0.6) is 5.75 Å². The first-order valence-electron chi connectivity index (χ1n) is 6.54. The molecule has 2 heterocycles. The van der Waals surface area contributed by atoms with E-state index in [0.717, 1.165) is 32.8 Å². The van der Waals surface area contributed by atoms with Gasteiger partial charge >= 0.3 is 0 Å². The fourth-order valence-electron chi connectivity index (χ4n) is 2.09. The minimum atomic E-state index is 0.660. The van der Waals surface area contributed by atoms with Crippen molar-refractivity contribution in [3.8, 4) is 5.75 Å². The van der Waals surface area contributed by atoms with Gasteiger partial charge in [-0.1, -0.05) is 0 Å². The Morgan fingerprint density at radius 1 is 1.33 bits per heavy atom. The van der Waals surface area contributed by atoms with Crippen LogP contribution in [0.2, 0.25) is 0 Å². The molecule has 0 atom stereocenters. The SMILES string of the molecule is COc1ccc(Br)c(NCc2cnc3cc(C)nn3c2)c1. The zero-order chi connectivity index (χ0) is 14.8. The second-order valence-electron chi connectivity index (χ2n) is 4.75. The molecule has 6 heteroatoms. The van der Waals surface area contributed by atoms with Crippen LogP contribution in [0, 0.1) is 6.92 Å². The Bertz CT molecular complexity index is 784. The van der Waals surface area contributed by atoms with Crippen molar-refractivity contribution >= 4 is 27.3 Å². The second kappa shape index (κ2) is 5.73. The average molecular weight is 347 g/mol. The molecule has 3 aromatic rings. The molecule has 3 rings (SSSR count). The lowest BCUT2D eigenvalue weighted by atomic mass is 10.2. The van der Waals surface area contributed by atoms with Gasteiger partial charge in [-0.2, -0.15) is 5.10 Å². The lowest BCUT2D eigenvalue weighted by molar-refractivity contribution is 0.415. The monoisotopic (exact) mass is 346 g/mol. The van der Waals surface area contributed by atoms with Gasteiger partial charge in [-0.05, 0) is 35.0 Å². The van der Waals surface area contributed by atoms with Gasteiger partial charge in [0, 0.05) is 41.1 Å². The molecule has 21 heavy (non-hydrogen) atoms. The first kappa shape index (κ1) is 13.9. The normalized spacial score (nSPS) is 10.8. The van der Waals surface area contributed by atoms with Gasteiger partial charge < -0.3 is 10.1 Å². The molecule has 2 aromatic heterocycles. The number of aromatic nitrogens is 3. The summed E-state index contributed by atoms with van der Waals surface area (Å²) in [5.41, 5.74) is 3.85. The molecule has 0 bridgehead atoms. The van der Waals surface area contributed by atoms with Crippen molar-refractivity contribution < 1.29 is 4.74 Å². The maximum atomic E-state index is 5.24. The van der Waals surface area contributed by atoms with E-state index in [-0.39, 0.29) is 0 Å². The molecule has 0 amide bonds. The van der Waals surface area contributed by atoms with E-state index < -0.39 is 0 Å². The summed E-state index contributed by atoms with van der Waals surface area (Å²) in [6, 6.07) is 7.78. The van der Waals surface area contributed by atoms with Crippen LogP contribution in [0.1, 0.15) is 11.3 Å². The number of anilines is 1. The summed E-state index contributed by atoms with van der Waals surface area (Å²) < 4.78 is 8.03. The minimum absolute atomic E-state index is 0.660. The molecule has 0 aliphatic heterocycles. The van der Waals surface area contributed by atoms with E-state index in [1.54, 1.807) is 11.6 Å². The number of ether oxygens (including phenoxy) is 1. The van der Waals surface area contributed by atoms with Crippen molar-refractivity contribution in [2.45, 2.75) is 13.5 Å². The number of benzene rings is 1. The van der Waals surface area contributed by atoms with Crippen molar-refractivity contribution in [1.82, 2.24) is 14.6 Å². The Morgan fingerprint density at radius 2 is 2.19 bits per heavy atom. The summed E-state index contributed by atoms with van der Waals surface area (Å²) in [6.07, 6.45) is 3.84. The van der Waals surface area contributed by atoms with Gasteiger partial charge in [0.2, 0.25) is 0 Å². The lowest BCUT2D eigenvalue weighted by Crippen LogP contribution is -2.03. The molecule has 5 nitrogen and oxygen atoms in total. The molecule has 0 fully saturated rings. The summed E-state index contributed by atoms with van der Waals surface area (Å²) in [6.45, 7) is 2.62. The molecule has 0 unspecified atom stereocenters. The number of fused-ring (bicyclic) bond motifs is 1.